The smallest absolute Gasteiger partial charge is 0.119 e. The number of methoxy groups -OCH3 is 1. The van der Waals surface area contributed by atoms with E-state index >= 15 is 0 Å². The predicted molar refractivity (Wildman–Crippen MR) is 120 cm³/mol. The highest BCUT2D eigenvalue weighted by Crippen LogP contribution is 2.23. The first-order chi connectivity index (χ1) is 13.8. The average Bonchev–Trinajstić information content (AvgIpc) is 2.75. The molecule has 0 N–H and O–H groups in total. The fraction of sp³-hybridized carbons (Fsp3) is 0.478. The number of hydrogen-bond acceptors (Lipinski definition) is 5. The van der Waals surface area contributed by atoms with E-state index in [1.54, 1.807) is 7.11 Å². The molecule has 0 aliphatic heterocycles. The van der Waals surface area contributed by atoms with E-state index in [9.17, 15) is 0 Å². The minimum atomic E-state index is 0.770. The summed E-state index contributed by atoms with van der Waals surface area (Å²) in [5.74, 6) is 2.71. The summed E-state index contributed by atoms with van der Waals surface area (Å²) in [5, 5.41) is 8.49. The summed E-state index contributed by atoms with van der Waals surface area (Å²) in [4.78, 5) is 0. The molecule has 0 atom stereocenters. The Bertz CT molecular complexity index is 672. The Morgan fingerprint density at radius 2 is 1.11 bits per heavy atom. The second-order valence-electron chi connectivity index (χ2n) is 6.79. The molecule has 0 saturated carbocycles. The quantitative estimate of drug-likeness (QED) is 0.202. The zero-order chi connectivity index (χ0) is 19.9. The van der Waals surface area contributed by atoms with Gasteiger partial charge in [-0.05, 0) is 67.1 Å². The summed E-state index contributed by atoms with van der Waals surface area (Å²) in [7, 11) is 1.65. The number of thiol groups is 1. The van der Waals surface area contributed by atoms with Gasteiger partial charge in [-0.25, -0.2) is 0 Å². The zero-order valence-electron chi connectivity index (χ0n) is 16.8. The third-order valence-electron chi connectivity index (χ3n) is 4.51. The zero-order valence-corrected chi connectivity index (χ0v) is 17.7. The maximum Gasteiger partial charge on any atom is 0.119 e. The molecule has 0 amide bonds. The number of azo groups is 1. The van der Waals surface area contributed by atoms with E-state index in [2.05, 4.69) is 22.9 Å². The van der Waals surface area contributed by atoms with Gasteiger partial charge in [0.05, 0.1) is 25.1 Å². The number of hydrogen-bond donors (Lipinski definition) is 1. The average molecular weight is 401 g/mol. The molecular weight excluding hydrogens is 368 g/mol. The minimum absolute atomic E-state index is 0.770. The number of nitrogens with zero attached hydrogens (tertiary/aromatic N) is 2. The molecule has 5 heteroatoms. The lowest BCUT2D eigenvalue weighted by Gasteiger charge is -2.06. The van der Waals surface area contributed by atoms with E-state index in [-0.39, 0.29) is 0 Å². The number of ether oxygens (including phenoxy) is 2. The van der Waals surface area contributed by atoms with Crippen LogP contribution in [-0.4, -0.2) is 19.5 Å². The molecule has 0 bridgehead atoms. The van der Waals surface area contributed by atoms with Crippen molar-refractivity contribution in [2.24, 2.45) is 10.2 Å². The number of rotatable bonds is 14. The standard InChI is InChI=1S/C23H32N2O2S/c1-26-22-14-10-20(11-15-22)24-25-21-12-16-23(17-13-21)27-18-8-6-4-2-3-5-7-9-19-28/h10-17,28H,2-9,18-19H2,1H3. The Hall–Kier alpha value is -2.01. The van der Waals surface area contributed by atoms with E-state index in [4.69, 9.17) is 9.47 Å². The van der Waals surface area contributed by atoms with Crippen LogP contribution < -0.4 is 9.47 Å². The van der Waals surface area contributed by atoms with Gasteiger partial charge >= 0.3 is 0 Å². The van der Waals surface area contributed by atoms with Crippen LogP contribution in [0.4, 0.5) is 11.4 Å². The van der Waals surface area contributed by atoms with Crippen molar-refractivity contribution >= 4 is 24.0 Å². The van der Waals surface area contributed by atoms with Gasteiger partial charge in [0.15, 0.2) is 0 Å². The largest absolute Gasteiger partial charge is 0.497 e. The van der Waals surface area contributed by atoms with Gasteiger partial charge in [0.2, 0.25) is 0 Å². The molecule has 0 saturated heterocycles. The van der Waals surface area contributed by atoms with E-state index in [1.165, 1.54) is 44.9 Å². The molecule has 0 spiro atoms. The van der Waals surface area contributed by atoms with Crippen LogP contribution in [-0.2, 0) is 0 Å². The van der Waals surface area contributed by atoms with Crippen LogP contribution in [0, 0.1) is 0 Å². The van der Waals surface area contributed by atoms with E-state index in [0.29, 0.717) is 0 Å². The van der Waals surface area contributed by atoms with E-state index in [0.717, 1.165) is 41.7 Å². The predicted octanol–water partition coefficient (Wildman–Crippen LogP) is 7.54. The van der Waals surface area contributed by atoms with Crippen LogP contribution in [0.5, 0.6) is 11.5 Å². The van der Waals surface area contributed by atoms with Crippen LogP contribution in [0.2, 0.25) is 0 Å². The molecule has 4 nitrogen and oxygen atoms in total. The number of benzene rings is 2. The number of unbranched alkanes of at least 4 members (excludes halogenated alkanes) is 7. The highest BCUT2D eigenvalue weighted by molar-refractivity contribution is 7.80. The molecule has 2 aromatic rings. The third-order valence-corrected chi connectivity index (χ3v) is 4.83. The highest BCUT2D eigenvalue weighted by atomic mass is 32.1. The van der Waals surface area contributed by atoms with Crippen LogP contribution in [0.25, 0.3) is 0 Å². The van der Waals surface area contributed by atoms with Gasteiger partial charge in [0.25, 0.3) is 0 Å². The Balaban J connectivity index is 1.60. The third kappa shape index (κ3) is 9.27. The molecule has 2 aromatic carbocycles. The summed E-state index contributed by atoms with van der Waals surface area (Å²) in [6.45, 7) is 0.770. The molecule has 2 rings (SSSR count). The van der Waals surface area contributed by atoms with Gasteiger partial charge < -0.3 is 9.47 Å². The fourth-order valence-electron chi connectivity index (χ4n) is 2.84. The van der Waals surface area contributed by atoms with Gasteiger partial charge in [-0.1, -0.05) is 38.5 Å². The Morgan fingerprint density at radius 3 is 1.61 bits per heavy atom. The van der Waals surface area contributed by atoms with Crippen LogP contribution in [0.15, 0.2) is 58.8 Å². The molecule has 0 aliphatic carbocycles. The lowest BCUT2D eigenvalue weighted by Crippen LogP contribution is -1.96. The van der Waals surface area contributed by atoms with Crippen molar-refractivity contribution in [3.63, 3.8) is 0 Å². The van der Waals surface area contributed by atoms with Crippen LogP contribution >= 0.6 is 12.6 Å². The summed E-state index contributed by atoms with van der Waals surface area (Å²) >= 11 is 4.24. The first-order valence-corrected chi connectivity index (χ1v) is 10.8. The van der Waals surface area contributed by atoms with Crippen molar-refractivity contribution in [2.45, 2.75) is 51.4 Å². The minimum Gasteiger partial charge on any atom is -0.497 e. The Kier molecular flexibility index (Phi) is 11.2. The summed E-state index contributed by atoms with van der Waals surface area (Å²) in [5.41, 5.74) is 1.60. The maximum atomic E-state index is 5.81. The molecular formula is C23H32N2O2S. The van der Waals surface area contributed by atoms with Crippen molar-refractivity contribution < 1.29 is 9.47 Å². The van der Waals surface area contributed by atoms with Crippen molar-refractivity contribution in [3.8, 4) is 11.5 Å². The SMILES string of the molecule is COc1ccc(N=Nc2ccc(OCCCCCCCCCCS)cc2)cc1. The molecule has 0 radical (unpaired) electrons. The van der Waals surface area contributed by atoms with Crippen LogP contribution in [0.3, 0.4) is 0 Å². The van der Waals surface area contributed by atoms with E-state index < -0.39 is 0 Å². The van der Waals surface area contributed by atoms with Crippen molar-refractivity contribution in [2.75, 3.05) is 19.5 Å². The van der Waals surface area contributed by atoms with Gasteiger partial charge in [-0.3, -0.25) is 0 Å². The van der Waals surface area contributed by atoms with Gasteiger partial charge in [-0.15, -0.1) is 0 Å². The van der Waals surface area contributed by atoms with Crippen molar-refractivity contribution in [3.05, 3.63) is 48.5 Å². The Morgan fingerprint density at radius 1 is 0.643 bits per heavy atom. The topological polar surface area (TPSA) is 43.2 Å². The van der Waals surface area contributed by atoms with Gasteiger partial charge in [-0.2, -0.15) is 22.9 Å². The summed E-state index contributed by atoms with van der Waals surface area (Å²) in [6, 6.07) is 15.2. The van der Waals surface area contributed by atoms with Crippen molar-refractivity contribution in [1.82, 2.24) is 0 Å². The van der Waals surface area contributed by atoms with E-state index in [1.807, 2.05) is 48.5 Å². The Labute approximate surface area is 174 Å². The second-order valence-corrected chi connectivity index (χ2v) is 7.24. The first-order valence-electron chi connectivity index (χ1n) is 10.2. The molecule has 28 heavy (non-hydrogen) atoms. The lowest BCUT2D eigenvalue weighted by molar-refractivity contribution is 0.304. The maximum absolute atomic E-state index is 5.81. The van der Waals surface area contributed by atoms with Crippen LogP contribution in [0.1, 0.15) is 51.4 Å². The molecule has 0 fully saturated rings. The molecule has 152 valence electrons. The molecule has 0 heterocycles. The van der Waals surface area contributed by atoms with Gasteiger partial charge in [0, 0.05) is 0 Å². The monoisotopic (exact) mass is 400 g/mol. The normalized spacial score (nSPS) is 11.1. The lowest BCUT2D eigenvalue weighted by atomic mass is 10.1. The summed E-state index contributed by atoms with van der Waals surface area (Å²) in [6.07, 6.45) is 10.2. The molecule has 0 aliphatic rings. The van der Waals surface area contributed by atoms with Gasteiger partial charge in [0.1, 0.15) is 11.5 Å². The first kappa shape index (κ1) is 22.3. The second kappa shape index (κ2) is 14.1. The highest BCUT2D eigenvalue weighted by Gasteiger charge is 1.97. The van der Waals surface area contributed by atoms with Crippen molar-refractivity contribution in [1.29, 1.82) is 0 Å². The fourth-order valence-corrected chi connectivity index (χ4v) is 3.06. The molecule has 0 unspecified atom stereocenters. The summed E-state index contributed by atoms with van der Waals surface area (Å²) < 4.78 is 10.9. The molecule has 0 aromatic heterocycles.